The molecule has 0 radical (unpaired) electrons. The van der Waals surface area contributed by atoms with Crippen LogP contribution in [0, 0.1) is 5.41 Å². The van der Waals surface area contributed by atoms with E-state index in [0.29, 0.717) is 5.41 Å². The molecule has 1 aliphatic heterocycles. The molecule has 1 aromatic carbocycles. The number of rotatable bonds is 2. The van der Waals surface area contributed by atoms with Gasteiger partial charge in [-0.3, -0.25) is 0 Å². The minimum Gasteiger partial charge on any atom is -0.384 e. The molecule has 0 unspecified atom stereocenters. The molecule has 0 saturated heterocycles. The molecule has 1 saturated carbocycles. The molecule has 1 heterocycles. The molecule has 1 fully saturated rings. The Morgan fingerprint density at radius 1 is 1.27 bits per heavy atom. The highest BCUT2D eigenvalue weighted by atomic mass is 14.9. The fraction of sp³-hybridized carbons (Fsp3) is 0.429. The lowest BCUT2D eigenvalue weighted by Crippen LogP contribution is -2.40. The Labute approximate surface area is 90.5 Å². The molecule has 0 aromatic heterocycles. The lowest BCUT2D eigenvalue weighted by molar-refractivity contribution is 0.606. The van der Waals surface area contributed by atoms with Crippen LogP contribution in [-0.4, -0.2) is 6.54 Å². The lowest BCUT2D eigenvalue weighted by atomic mass is 9.95. The molecule has 0 atom stereocenters. The smallest absolute Gasteiger partial charge is 0.0337 e. The van der Waals surface area contributed by atoms with Gasteiger partial charge < -0.3 is 5.32 Å². The number of benzene rings is 1. The van der Waals surface area contributed by atoms with Crippen molar-refractivity contribution in [2.45, 2.75) is 26.2 Å². The quantitative estimate of drug-likeness (QED) is 0.758. The molecule has 1 aliphatic carbocycles. The van der Waals surface area contributed by atoms with Gasteiger partial charge in [-0.1, -0.05) is 37.3 Å². The van der Waals surface area contributed by atoms with Gasteiger partial charge in [0.2, 0.25) is 0 Å². The fourth-order valence-electron chi connectivity index (χ4n) is 2.67. The molecule has 1 nitrogen and oxygen atoms in total. The Hall–Kier alpha value is -1.24. The Kier molecular flexibility index (Phi) is 1.88. The van der Waals surface area contributed by atoms with Crippen molar-refractivity contribution in [2.24, 2.45) is 5.41 Å². The first-order valence-electron chi connectivity index (χ1n) is 5.90. The summed E-state index contributed by atoms with van der Waals surface area (Å²) in [6, 6.07) is 8.75. The zero-order valence-electron chi connectivity index (χ0n) is 9.22. The third kappa shape index (κ3) is 1.30. The summed E-state index contributed by atoms with van der Waals surface area (Å²) in [5.74, 6) is 0. The number of nitrogens with one attached hydrogen (secondary N) is 1. The van der Waals surface area contributed by atoms with Gasteiger partial charge in [-0.2, -0.15) is 0 Å². The van der Waals surface area contributed by atoms with Crippen LogP contribution in [0.3, 0.4) is 0 Å². The number of fused-ring (bicyclic) bond motifs is 1. The van der Waals surface area contributed by atoms with Crippen LogP contribution < -0.4 is 15.8 Å². The predicted molar refractivity (Wildman–Crippen MR) is 63.5 cm³/mol. The molecule has 3 rings (SSSR count). The van der Waals surface area contributed by atoms with Gasteiger partial charge in [-0.25, -0.2) is 0 Å². The van der Waals surface area contributed by atoms with Crippen molar-refractivity contribution in [2.75, 3.05) is 6.54 Å². The van der Waals surface area contributed by atoms with Crippen molar-refractivity contribution < 1.29 is 0 Å². The first-order chi connectivity index (χ1) is 7.36. The molecule has 15 heavy (non-hydrogen) atoms. The van der Waals surface area contributed by atoms with Crippen molar-refractivity contribution in [3.05, 3.63) is 34.7 Å². The highest BCUT2D eigenvalue weighted by molar-refractivity contribution is 5.58. The Balaban J connectivity index is 2.27. The minimum absolute atomic E-state index is 0.490. The van der Waals surface area contributed by atoms with Gasteiger partial charge in [0.05, 0.1) is 0 Å². The van der Waals surface area contributed by atoms with Gasteiger partial charge in [0, 0.05) is 22.9 Å². The molecule has 78 valence electrons. The van der Waals surface area contributed by atoms with Crippen LogP contribution in [0.25, 0.3) is 11.8 Å². The maximum Gasteiger partial charge on any atom is 0.0337 e. The second-order valence-electron chi connectivity index (χ2n) is 4.68. The normalized spacial score (nSPS) is 21.3. The van der Waals surface area contributed by atoms with Crippen LogP contribution in [0.2, 0.25) is 0 Å². The van der Waals surface area contributed by atoms with E-state index in [1.165, 1.54) is 35.4 Å². The maximum atomic E-state index is 3.59. The zero-order valence-corrected chi connectivity index (χ0v) is 9.22. The largest absolute Gasteiger partial charge is 0.384 e. The molecule has 1 aromatic rings. The van der Waals surface area contributed by atoms with E-state index in [4.69, 9.17) is 0 Å². The van der Waals surface area contributed by atoms with E-state index >= 15 is 0 Å². The minimum atomic E-state index is 0.490. The Bertz CT molecular complexity index is 494. The third-order valence-corrected chi connectivity index (χ3v) is 3.89. The monoisotopic (exact) mass is 199 g/mol. The summed E-state index contributed by atoms with van der Waals surface area (Å²) in [6.45, 7) is 3.30. The van der Waals surface area contributed by atoms with Gasteiger partial charge in [0.1, 0.15) is 0 Å². The number of hydrogen-bond donors (Lipinski definition) is 1. The molecule has 0 bridgehead atoms. The first kappa shape index (κ1) is 9.02. The summed E-state index contributed by atoms with van der Waals surface area (Å²) in [5, 5.41) is 6.43. The van der Waals surface area contributed by atoms with Crippen LogP contribution in [0.4, 0.5) is 0 Å². The average molecular weight is 199 g/mol. The third-order valence-electron chi connectivity index (χ3n) is 3.89. The summed E-state index contributed by atoms with van der Waals surface area (Å²) in [4.78, 5) is 0. The fourth-order valence-corrected chi connectivity index (χ4v) is 2.67. The molecular weight excluding hydrogens is 182 g/mol. The van der Waals surface area contributed by atoms with E-state index in [0.717, 1.165) is 6.54 Å². The van der Waals surface area contributed by atoms with E-state index in [1.54, 1.807) is 0 Å². The van der Waals surface area contributed by atoms with Crippen LogP contribution in [0.15, 0.2) is 24.3 Å². The summed E-state index contributed by atoms with van der Waals surface area (Å²) in [7, 11) is 0. The van der Waals surface area contributed by atoms with Crippen LogP contribution in [0.5, 0.6) is 0 Å². The van der Waals surface area contributed by atoms with Crippen molar-refractivity contribution in [3.63, 3.8) is 0 Å². The number of hydrogen-bond acceptors (Lipinski definition) is 1. The molecule has 0 amide bonds. The van der Waals surface area contributed by atoms with Crippen LogP contribution in [0.1, 0.15) is 26.2 Å². The molecule has 2 aliphatic rings. The summed E-state index contributed by atoms with van der Waals surface area (Å²) in [5.41, 5.74) is 1.99. The Morgan fingerprint density at radius 3 is 2.80 bits per heavy atom. The van der Waals surface area contributed by atoms with E-state index in [9.17, 15) is 0 Å². The topological polar surface area (TPSA) is 12.0 Å². The van der Waals surface area contributed by atoms with Gasteiger partial charge >= 0.3 is 0 Å². The van der Waals surface area contributed by atoms with Crippen molar-refractivity contribution >= 4 is 11.8 Å². The van der Waals surface area contributed by atoms with E-state index in [2.05, 4.69) is 42.6 Å². The summed E-state index contributed by atoms with van der Waals surface area (Å²) in [6.07, 6.45) is 6.27. The van der Waals surface area contributed by atoms with Crippen LogP contribution in [-0.2, 0) is 0 Å². The van der Waals surface area contributed by atoms with E-state index in [-0.39, 0.29) is 0 Å². The van der Waals surface area contributed by atoms with Gasteiger partial charge in [0.15, 0.2) is 0 Å². The average Bonchev–Trinajstić information content (AvgIpc) is 3.09. The SMILES string of the molecule is CCC1(C2=c3ccccc3=CCN2)CC1. The first-order valence-corrected chi connectivity index (χ1v) is 5.90. The standard InChI is InChI=1S/C14H17N/c1-2-14(8-9-14)13-12-6-4-3-5-11(12)7-10-15-13/h3-7,15H,2,8-10H2,1H3. The molecule has 1 heteroatoms. The van der Waals surface area contributed by atoms with Gasteiger partial charge in [-0.05, 0) is 24.5 Å². The maximum absolute atomic E-state index is 3.59. The van der Waals surface area contributed by atoms with E-state index in [1.807, 2.05) is 0 Å². The van der Waals surface area contributed by atoms with Crippen molar-refractivity contribution in [1.82, 2.24) is 5.32 Å². The van der Waals surface area contributed by atoms with Crippen LogP contribution >= 0.6 is 0 Å². The second kappa shape index (κ2) is 3.13. The Morgan fingerprint density at radius 2 is 2.07 bits per heavy atom. The van der Waals surface area contributed by atoms with Crippen molar-refractivity contribution in [3.8, 4) is 0 Å². The second-order valence-corrected chi connectivity index (χ2v) is 4.68. The summed E-state index contributed by atoms with van der Waals surface area (Å²) >= 11 is 0. The molecule has 0 spiro atoms. The highest BCUT2D eigenvalue weighted by Gasteiger charge is 2.44. The summed E-state index contributed by atoms with van der Waals surface area (Å²) < 4.78 is 0. The van der Waals surface area contributed by atoms with Crippen molar-refractivity contribution in [1.29, 1.82) is 0 Å². The van der Waals surface area contributed by atoms with Gasteiger partial charge in [0.25, 0.3) is 0 Å². The lowest BCUT2D eigenvalue weighted by Gasteiger charge is -2.21. The zero-order chi connectivity index (χ0) is 10.3. The van der Waals surface area contributed by atoms with E-state index < -0.39 is 0 Å². The molecule has 1 N–H and O–H groups in total. The predicted octanol–water partition coefficient (Wildman–Crippen LogP) is 1.37. The van der Waals surface area contributed by atoms with Gasteiger partial charge in [-0.15, -0.1) is 0 Å². The molecular formula is C14H17N. The highest BCUT2D eigenvalue weighted by Crippen LogP contribution is 2.53.